The number of aromatic nitrogens is 4. The van der Waals surface area contributed by atoms with Crippen LogP contribution >= 0.6 is 0 Å². The lowest BCUT2D eigenvalue weighted by Gasteiger charge is -2.24. The zero-order chi connectivity index (χ0) is 16.1. The molecule has 0 aromatic carbocycles. The zero-order valence-corrected chi connectivity index (χ0v) is 13.4. The third-order valence-electron chi connectivity index (χ3n) is 4.19. The summed E-state index contributed by atoms with van der Waals surface area (Å²) < 4.78 is 1.95. The largest absolute Gasteiger partial charge is 0.323 e. The lowest BCUT2D eigenvalue weighted by atomic mass is 9.96. The maximum atomic E-state index is 12.4. The van der Waals surface area contributed by atoms with Gasteiger partial charge in [0.05, 0.1) is 30.7 Å². The number of amides is 2. The van der Waals surface area contributed by atoms with E-state index in [9.17, 15) is 4.79 Å². The van der Waals surface area contributed by atoms with Gasteiger partial charge in [0.1, 0.15) is 5.82 Å². The first kappa shape index (κ1) is 15.5. The number of carbonyl (C=O) groups excluding carboxylic acids is 1. The molecule has 2 heterocycles. The number of hydrogen-bond acceptors (Lipinski definition) is 4. The van der Waals surface area contributed by atoms with Crippen molar-refractivity contribution in [3.05, 3.63) is 36.5 Å². The van der Waals surface area contributed by atoms with Gasteiger partial charge in [-0.15, -0.1) is 0 Å². The molecular formula is C16H22N6O. The number of nitrogens with zero attached hydrogens (tertiary/aromatic N) is 5. The van der Waals surface area contributed by atoms with Crippen LogP contribution < -0.4 is 5.32 Å². The highest BCUT2D eigenvalue weighted by atomic mass is 16.2. The van der Waals surface area contributed by atoms with E-state index >= 15 is 0 Å². The van der Waals surface area contributed by atoms with Gasteiger partial charge in [-0.2, -0.15) is 5.10 Å². The number of rotatable bonds is 4. The maximum Gasteiger partial charge on any atom is 0.323 e. The molecule has 7 nitrogen and oxygen atoms in total. The Balaban J connectivity index is 1.62. The van der Waals surface area contributed by atoms with Gasteiger partial charge in [0.25, 0.3) is 0 Å². The molecule has 122 valence electrons. The number of hydrogen-bond donors (Lipinski definition) is 1. The summed E-state index contributed by atoms with van der Waals surface area (Å²) in [6, 6.07) is 2.07. The number of carbonyl (C=O) groups is 1. The van der Waals surface area contributed by atoms with Crippen molar-refractivity contribution < 1.29 is 4.79 Å². The van der Waals surface area contributed by atoms with Crippen molar-refractivity contribution >= 4 is 11.8 Å². The standard InChI is InChI=1S/C16H22N6O/c1-21(12-13-11-17-9-10-18-13)16(23)20-15-7-8-19-22(15)14-5-3-2-4-6-14/h7-11,14H,2-6,12H2,1H3,(H,20,23). The van der Waals surface area contributed by atoms with E-state index in [4.69, 9.17) is 0 Å². The Labute approximate surface area is 135 Å². The second-order valence-electron chi connectivity index (χ2n) is 5.94. The van der Waals surface area contributed by atoms with E-state index in [1.807, 2.05) is 10.7 Å². The van der Waals surface area contributed by atoms with Crippen LogP contribution in [-0.4, -0.2) is 37.7 Å². The van der Waals surface area contributed by atoms with Crippen LogP contribution in [0.4, 0.5) is 10.6 Å². The highest BCUT2D eigenvalue weighted by Gasteiger charge is 2.20. The molecular weight excluding hydrogens is 292 g/mol. The number of anilines is 1. The van der Waals surface area contributed by atoms with E-state index in [0.717, 1.165) is 24.4 Å². The molecule has 0 unspecified atom stereocenters. The highest BCUT2D eigenvalue weighted by molar-refractivity contribution is 5.88. The number of nitrogens with one attached hydrogen (secondary N) is 1. The van der Waals surface area contributed by atoms with Gasteiger partial charge in [-0.05, 0) is 12.8 Å². The Morgan fingerprint density at radius 3 is 2.87 bits per heavy atom. The molecule has 0 bridgehead atoms. The molecule has 23 heavy (non-hydrogen) atoms. The molecule has 0 atom stereocenters. The highest BCUT2D eigenvalue weighted by Crippen LogP contribution is 2.29. The van der Waals surface area contributed by atoms with Gasteiger partial charge in [0.15, 0.2) is 0 Å². The predicted molar refractivity (Wildman–Crippen MR) is 86.9 cm³/mol. The van der Waals surface area contributed by atoms with Gasteiger partial charge >= 0.3 is 6.03 Å². The SMILES string of the molecule is CN(Cc1cnccn1)C(=O)Nc1ccnn1C1CCCCC1. The second kappa shape index (κ2) is 7.21. The predicted octanol–water partition coefficient (Wildman–Crippen LogP) is 2.84. The van der Waals surface area contributed by atoms with Crippen molar-refractivity contribution in [1.82, 2.24) is 24.6 Å². The quantitative estimate of drug-likeness (QED) is 0.941. The fourth-order valence-electron chi connectivity index (χ4n) is 2.96. The Morgan fingerprint density at radius 2 is 2.13 bits per heavy atom. The van der Waals surface area contributed by atoms with Gasteiger partial charge in [-0.3, -0.25) is 15.3 Å². The van der Waals surface area contributed by atoms with Crippen LogP contribution in [0.2, 0.25) is 0 Å². The van der Waals surface area contributed by atoms with Gasteiger partial charge in [0, 0.05) is 25.5 Å². The zero-order valence-electron chi connectivity index (χ0n) is 13.4. The summed E-state index contributed by atoms with van der Waals surface area (Å²) in [4.78, 5) is 22.2. The molecule has 2 aromatic rings. The van der Waals surface area contributed by atoms with Crippen molar-refractivity contribution in [3.8, 4) is 0 Å². The molecule has 2 amide bonds. The van der Waals surface area contributed by atoms with Crippen molar-refractivity contribution in [2.45, 2.75) is 44.7 Å². The second-order valence-corrected chi connectivity index (χ2v) is 5.94. The average Bonchev–Trinajstić information content (AvgIpc) is 3.04. The molecule has 3 rings (SSSR count). The van der Waals surface area contributed by atoms with Gasteiger partial charge in [-0.25, -0.2) is 9.48 Å². The lowest BCUT2D eigenvalue weighted by molar-refractivity contribution is 0.219. The summed E-state index contributed by atoms with van der Waals surface area (Å²) in [5.74, 6) is 0.757. The van der Waals surface area contributed by atoms with Crippen LogP contribution in [-0.2, 0) is 6.54 Å². The lowest BCUT2D eigenvalue weighted by Crippen LogP contribution is -2.32. The first-order valence-electron chi connectivity index (χ1n) is 8.04. The molecule has 1 N–H and O–H groups in total. The Bertz CT molecular complexity index is 635. The Kier molecular flexibility index (Phi) is 4.85. The first-order valence-corrected chi connectivity index (χ1v) is 8.04. The minimum Gasteiger partial charge on any atom is -0.322 e. The maximum absolute atomic E-state index is 12.4. The summed E-state index contributed by atoms with van der Waals surface area (Å²) >= 11 is 0. The average molecular weight is 314 g/mol. The molecule has 0 radical (unpaired) electrons. The minimum absolute atomic E-state index is 0.173. The first-order chi connectivity index (χ1) is 11.2. The van der Waals surface area contributed by atoms with Crippen molar-refractivity contribution in [2.75, 3.05) is 12.4 Å². The van der Waals surface area contributed by atoms with E-state index < -0.39 is 0 Å². The molecule has 1 aliphatic carbocycles. The van der Waals surface area contributed by atoms with Crippen LogP contribution in [0.25, 0.3) is 0 Å². The smallest absolute Gasteiger partial charge is 0.322 e. The van der Waals surface area contributed by atoms with Crippen LogP contribution in [0.5, 0.6) is 0 Å². The molecule has 7 heteroatoms. The summed E-state index contributed by atoms with van der Waals surface area (Å²) in [6.07, 6.45) is 12.6. The van der Waals surface area contributed by atoms with Crippen molar-refractivity contribution in [3.63, 3.8) is 0 Å². The van der Waals surface area contributed by atoms with Crippen LogP contribution in [0, 0.1) is 0 Å². The fourth-order valence-corrected chi connectivity index (χ4v) is 2.96. The number of urea groups is 1. The summed E-state index contributed by atoms with van der Waals surface area (Å²) in [5, 5.41) is 7.34. The van der Waals surface area contributed by atoms with E-state index in [1.54, 1.807) is 36.7 Å². The molecule has 0 spiro atoms. The third kappa shape index (κ3) is 3.85. The van der Waals surface area contributed by atoms with Gasteiger partial charge in [-0.1, -0.05) is 19.3 Å². The summed E-state index contributed by atoms with van der Waals surface area (Å²) in [7, 11) is 1.74. The normalized spacial score (nSPS) is 15.3. The Morgan fingerprint density at radius 1 is 1.30 bits per heavy atom. The van der Waals surface area contributed by atoms with Crippen LogP contribution in [0.1, 0.15) is 43.8 Å². The third-order valence-corrected chi connectivity index (χ3v) is 4.19. The molecule has 1 aliphatic rings. The molecule has 0 aliphatic heterocycles. The van der Waals surface area contributed by atoms with E-state index in [1.165, 1.54) is 19.3 Å². The fraction of sp³-hybridized carbons (Fsp3) is 0.500. The van der Waals surface area contributed by atoms with Crippen LogP contribution in [0.15, 0.2) is 30.9 Å². The molecule has 1 fully saturated rings. The summed E-state index contributed by atoms with van der Waals surface area (Å²) in [6.45, 7) is 0.414. The van der Waals surface area contributed by atoms with Gasteiger partial charge in [0.2, 0.25) is 0 Å². The minimum atomic E-state index is -0.173. The van der Waals surface area contributed by atoms with Crippen LogP contribution in [0.3, 0.4) is 0 Å². The monoisotopic (exact) mass is 314 g/mol. The molecule has 0 saturated heterocycles. The Hall–Kier alpha value is -2.44. The van der Waals surface area contributed by atoms with E-state index in [2.05, 4.69) is 20.4 Å². The topological polar surface area (TPSA) is 75.9 Å². The molecule has 1 saturated carbocycles. The van der Waals surface area contributed by atoms with Gasteiger partial charge < -0.3 is 4.90 Å². The summed E-state index contributed by atoms with van der Waals surface area (Å²) in [5.41, 5.74) is 0.755. The van der Waals surface area contributed by atoms with E-state index in [0.29, 0.717) is 12.6 Å². The molecule has 2 aromatic heterocycles. The van der Waals surface area contributed by atoms with Crippen molar-refractivity contribution in [1.29, 1.82) is 0 Å². The van der Waals surface area contributed by atoms with E-state index in [-0.39, 0.29) is 6.03 Å². The van der Waals surface area contributed by atoms with Crippen molar-refractivity contribution in [2.24, 2.45) is 0 Å².